The van der Waals surface area contributed by atoms with Crippen LogP contribution in [0.1, 0.15) is 10.4 Å². The highest BCUT2D eigenvalue weighted by Gasteiger charge is 2.20. The molecule has 0 saturated carbocycles. The lowest BCUT2D eigenvalue weighted by Gasteiger charge is -2.06. The van der Waals surface area contributed by atoms with Crippen LogP contribution in [-0.2, 0) is 0 Å². The summed E-state index contributed by atoms with van der Waals surface area (Å²) in [6.07, 6.45) is 2.14. The molecule has 0 amide bonds. The Labute approximate surface area is 101 Å². The molecule has 2 aromatic heterocycles. The van der Waals surface area contributed by atoms with Crippen molar-refractivity contribution in [1.82, 2.24) is 14.6 Å². The molecule has 94 valence electrons. The van der Waals surface area contributed by atoms with Crippen molar-refractivity contribution < 1.29 is 19.7 Å². The first-order valence-corrected chi connectivity index (χ1v) is 5.31. The van der Waals surface area contributed by atoms with E-state index in [-0.39, 0.29) is 17.8 Å². The number of carbonyl (C=O) groups is 1. The van der Waals surface area contributed by atoms with E-state index >= 15 is 0 Å². The molecular formula is C10H10N4O4. The molecule has 0 aliphatic carbocycles. The Kier molecular flexibility index (Phi) is 2.30. The largest absolute Gasteiger partial charge is 0.485 e. The van der Waals surface area contributed by atoms with E-state index in [4.69, 9.17) is 9.84 Å². The number of ether oxygens (including phenoxy) is 1. The summed E-state index contributed by atoms with van der Waals surface area (Å²) in [7, 11) is 0. The third kappa shape index (κ3) is 1.63. The summed E-state index contributed by atoms with van der Waals surface area (Å²) >= 11 is 0. The Morgan fingerprint density at radius 2 is 2.44 bits per heavy atom. The monoisotopic (exact) mass is 250 g/mol. The van der Waals surface area contributed by atoms with Crippen LogP contribution in [0, 0.1) is 0 Å². The van der Waals surface area contributed by atoms with Crippen molar-refractivity contribution >= 4 is 17.4 Å². The van der Waals surface area contributed by atoms with E-state index < -0.39 is 12.1 Å². The standard InChI is InChI=1S/C10H10N4O4/c15-5-1-11-8-7(18-4-5)3-14-9(13-8)6(2-12-14)10(16)17/h2-3,5,15H,1,4H2,(H,11,13)(H,16,17)/t5-/m0/s1. The number of carboxylic acid groups (broad SMARTS) is 1. The van der Waals surface area contributed by atoms with Crippen LogP contribution in [0.2, 0.25) is 0 Å². The Bertz CT molecular complexity index is 624. The number of hydrogen-bond acceptors (Lipinski definition) is 6. The van der Waals surface area contributed by atoms with E-state index in [0.717, 1.165) is 0 Å². The van der Waals surface area contributed by atoms with Gasteiger partial charge in [-0.3, -0.25) is 0 Å². The molecule has 0 radical (unpaired) electrons. The van der Waals surface area contributed by atoms with Gasteiger partial charge in [-0.1, -0.05) is 0 Å². The predicted molar refractivity (Wildman–Crippen MR) is 59.9 cm³/mol. The quantitative estimate of drug-likeness (QED) is 0.631. The number of aliphatic hydroxyl groups excluding tert-OH is 1. The maximum Gasteiger partial charge on any atom is 0.341 e. The summed E-state index contributed by atoms with van der Waals surface area (Å²) < 4.78 is 6.69. The number of rotatable bonds is 1. The predicted octanol–water partition coefficient (Wildman–Crippen LogP) is -0.407. The molecule has 0 bridgehead atoms. The van der Waals surface area contributed by atoms with Gasteiger partial charge in [0, 0.05) is 6.54 Å². The second kappa shape index (κ2) is 3.84. The van der Waals surface area contributed by atoms with Crippen LogP contribution >= 0.6 is 0 Å². The maximum absolute atomic E-state index is 11.0. The van der Waals surface area contributed by atoms with Crippen molar-refractivity contribution in [2.75, 3.05) is 18.5 Å². The molecular weight excluding hydrogens is 240 g/mol. The van der Waals surface area contributed by atoms with Crippen LogP contribution < -0.4 is 10.1 Å². The molecule has 2 aromatic rings. The van der Waals surface area contributed by atoms with Gasteiger partial charge in [0.05, 0.1) is 12.4 Å². The van der Waals surface area contributed by atoms with Gasteiger partial charge >= 0.3 is 5.97 Å². The van der Waals surface area contributed by atoms with Crippen molar-refractivity contribution in [2.45, 2.75) is 6.10 Å². The van der Waals surface area contributed by atoms with Gasteiger partial charge in [-0.15, -0.1) is 0 Å². The van der Waals surface area contributed by atoms with E-state index in [0.29, 0.717) is 18.1 Å². The first-order valence-electron chi connectivity index (χ1n) is 5.31. The van der Waals surface area contributed by atoms with Crippen molar-refractivity contribution in [3.63, 3.8) is 0 Å². The van der Waals surface area contributed by atoms with E-state index in [9.17, 15) is 9.90 Å². The van der Waals surface area contributed by atoms with Crippen molar-refractivity contribution in [3.8, 4) is 5.75 Å². The van der Waals surface area contributed by atoms with Gasteiger partial charge in [-0.2, -0.15) is 5.10 Å². The number of aromatic nitrogens is 3. The zero-order chi connectivity index (χ0) is 12.7. The van der Waals surface area contributed by atoms with E-state index in [1.54, 1.807) is 0 Å². The molecule has 0 spiro atoms. The van der Waals surface area contributed by atoms with Crippen molar-refractivity contribution in [2.24, 2.45) is 0 Å². The lowest BCUT2D eigenvalue weighted by Crippen LogP contribution is -2.23. The zero-order valence-corrected chi connectivity index (χ0v) is 9.20. The Hall–Kier alpha value is -2.35. The van der Waals surface area contributed by atoms with Crippen LogP contribution in [0.5, 0.6) is 5.75 Å². The topological polar surface area (TPSA) is 109 Å². The highest BCUT2D eigenvalue weighted by atomic mass is 16.5. The molecule has 3 N–H and O–H groups in total. The number of aromatic carboxylic acids is 1. The van der Waals surface area contributed by atoms with Crippen LogP contribution in [0.25, 0.3) is 5.65 Å². The zero-order valence-electron chi connectivity index (χ0n) is 9.20. The Morgan fingerprint density at radius 1 is 1.61 bits per heavy atom. The fraction of sp³-hybridized carbons (Fsp3) is 0.300. The normalized spacial score (nSPS) is 18.6. The maximum atomic E-state index is 11.0. The summed E-state index contributed by atoms with van der Waals surface area (Å²) in [5.74, 6) is -0.256. The Morgan fingerprint density at radius 3 is 3.22 bits per heavy atom. The number of aliphatic hydroxyl groups is 1. The number of carboxylic acids is 1. The van der Waals surface area contributed by atoms with Gasteiger partial charge in [0.15, 0.2) is 17.2 Å². The number of fused-ring (bicyclic) bond motifs is 2. The summed E-state index contributed by atoms with van der Waals surface area (Å²) in [5.41, 5.74) is 0.248. The summed E-state index contributed by atoms with van der Waals surface area (Å²) in [6, 6.07) is 0. The first kappa shape index (κ1) is 10.8. The number of nitrogens with zero attached hydrogens (tertiary/aromatic N) is 3. The number of anilines is 1. The van der Waals surface area contributed by atoms with Crippen LogP contribution in [0.15, 0.2) is 12.4 Å². The van der Waals surface area contributed by atoms with Gasteiger partial charge < -0.3 is 20.3 Å². The van der Waals surface area contributed by atoms with Crippen LogP contribution in [0.3, 0.4) is 0 Å². The van der Waals surface area contributed by atoms with Gasteiger partial charge in [-0.05, 0) is 0 Å². The minimum absolute atomic E-state index is 0.0180. The molecule has 18 heavy (non-hydrogen) atoms. The smallest absolute Gasteiger partial charge is 0.341 e. The fourth-order valence-corrected chi connectivity index (χ4v) is 1.74. The van der Waals surface area contributed by atoms with Gasteiger partial charge in [0.2, 0.25) is 0 Å². The highest BCUT2D eigenvalue weighted by Crippen LogP contribution is 2.25. The van der Waals surface area contributed by atoms with Crippen molar-refractivity contribution in [3.05, 3.63) is 18.0 Å². The van der Waals surface area contributed by atoms with Crippen molar-refractivity contribution in [1.29, 1.82) is 0 Å². The number of nitrogens with one attached hydrogen (secondary N) is 1. The second-order valence-corrected chi connectivity index (χ2v) is 3.93. The minimum Gasteiger partial charge on any atom is -0.485 e. The first-order chi connectivity index (χ1) is 8.65. The highest BCUT2D eigenvalue weighted by molar-refractivity contribution is 5.94. The molecule has 0 fully saturated rings. The molecule has 0 aromatic carbocycles. The number of β-amino-alcohol motifs (C(OH)–C–C–N with tert-alkyl or cyclic N) is 1. The molecule has 0 unspecified atom stereocenters. The van der Waals surface area contributed by atoms with E-state index in [1.165, 1.54) is 16.9 Å². The average molecular weight is 250 g/mol. The van der Waals surface area contributed by atoms with E-state index in [2.05, 4.69) is 15.4 Å². The lowest BCUT2D eigenvalue weighted by atomic mass is 10.3. The van der Waals surface area contributed by atoms with Crippen LogP contribution in [0.4, 0.5) is 5.82 Å². The molecule has 8 nitrogen and oxygen atoms in total. The van der Waals surface area contributed by atoms with Gasteiger partial charge in [-0.25, -0.2) is 14.3 Å². The van der Waals surface area contributed by atoms with Gasteiger partial charge in [0.25, 0.3) is 0 Å². The summed E-state index contributed by atoms with van der Waals surface area (Å²) in [6.45, 7) is 0.451. The molecule has 1 aliphatic heterocycles. The lowest BCUT2D eigenvalue weighted by molar-refractivity contribution is 0.0698. The van der Waals surface area contributed by atoms with Crippen LogP contribution in [-0.4, -0.2) is 50.0 Å². The molecule has 3 rings (SSSR count). The molecule has 8 heteroatoms. The molecule has 1 aliphatic rings. The third-order valence-corrected chi connectivity index (χ3v) is 2.63. The summed E-state index contributed by atoms with van der Waals surface area (Å²) in [5, 5.41) is 25.3. The average Bonchev–Trinajstić information content (AvgIpc) is 2.66. The molecule has 1 atom stereocenters. The molecule has 0 saturated heterocycles. The minimum atomic E-state index is -1.09. The third-order valence-electron chi connectivity index (χ3n) is 2.63. The van der Waals surface area contributed by atoms with E-state index in [1.807, 2.05) is 0 Å². The SMILES string of the molecule is O=C(O)c1cnn2cc3c(nc12)NC[C@H](O)CO3. The van der Waals surface area contributed by atoms with Gasteiger partial charge in [0.1, 0.15) is 18.3 Å². The fourth-order valence-electron chi connectivity index (χ4n) is 1.74. The summed E-state index contributed by atoms with van der Waals surface area (Å²) in [4.78, 5) is 15.1. The molecule has 3 heterocycles. The number of hydrogen-bond donors (Lipinski definition) is 3. The second-order valence-electron chi connectivity index (χ2n) is 3.93. The Balaban J connectivity index is 2.14.